The van der Waals surface area contributed by atoms with E-state index in [1.54, 1.807) is 0 Å². The summed E-state index contributed by atoms with van der Waals surface area (Å²) in [4.78, 5) is 19.8. The van der Waals surface area contributed by atoms with E-state index in [1.807, 2.05) is 19.4 Å². The van der Waals surface area contributed by atoms with Crippen molar-refractivity contribution < 1.29 is 28.9 Å². The van der Waals surface area contributed by atoms with Crippen LogP contribution in [0.2, 0.25) is 0 Å². The number of carbonyl (C=O) groups is 2. The van der Waals surface area contributed by atoms with Gasteiger partial charge in [-0.15, -0.1) is 0 Å². The Bertz CT molecular complexity index is 167. The average Bonchev–Trinajstić information content (AvgIpc) is 2.02. The van der Waals surface area contributed by atoms with E-state index in [4.69, 9.17) is 11.5 Å². The normalized spacial score (nSPS) is 8.54. The van der Waals surface area contributed by atoms with Crippen molar-refractivity contribution in [1.82, 2.24) is 0 Å². The van der Waals surface area contributed by atoms with Crippen molar-refractivity contribution in [3.8, 4) is 0 Å². The largest absolute Gasteiger partial charge is 0.370 e. The molecule has 0 aromatic rings. The molecule has 2 amide bonds. The second kappa shape index (κ2) is 9.59. The summed E-state index contributed by atoms with van der Waals surface area (Å²) in [6, 6.07) is 0. The summed E-state index contributed by atoms with van der Waals surface area (Å²) in [5, 5.41) is 0. The Kier molecular flexibility index (Phi) is 11.1. The Morgan fingerprint density at radius 1 is 1.23 bits per heavy atom. The van der Waals surface area contributed by atoms with Gasteiger partial charge in [0, 0.05) is 12.8 Å². The molecule has 0 saturated heterocycles. The second-order valence-corrected chi connectivity index (χ2v) is 3.48. The van der Waals surface area contributed by atoms with Crippen molar-refractivity contribution >= 4 is 16.2 Å². The van der Waals surface area contributed by atoms with Gasteiger partial charge in [0.25, 0.3) is 0 Å². The van der Waals surface area contributed by atoms with E-state index in [9.17, 15) is 9.59 Å². The number of hydrogen-bond acceptors (Lipinski definition) is 2. The molecule has 0 atom stereocenters. The molecule has 76 valence electrons. The van der Waals surface area contributed by atoms with Gasteiger partial charge >= 0.3 is 43.5 Å². The van der Waals surface area contributed by atoms with Crippen LogP contribution in [0.4, 0.5) is 0 Å². The predicted molar refractivity (Wildman–Crippen MR) is 48.5 cm³/mol. The Hall–Kier alpha value is -0.502. The number of hydrogen-bond donors (Lipinski definition) is 2. The minimum Gasteiger partial charge on any atom is -0.370 e. The number of nitrogens with two attached hydrogens (primary N) is 2. The number of rotatable bonds is 4. The van der Waals surface area contributed by atoms with E-state index in [-0.39, 0.29) is 12.8 Å². The molecule has 0 aromatic heterocycles. The molecule has 5 heteroatoms. The molecular weight excluding hydrogens is 252 g/mol. The van der Waals surface area contributed by atoms with Gasteiger partial charge in [0.05, 0.1) is 0 Å². The minimum atomic E-state index is -0.496. The fraction of sp³-hybridized carbons (Fsp3) is 0.625. The van der Waals surface area contributed by atoms with Gasteiger partial charge in [0.1, 0.15) is 0 Å². The van der Waals surface area contributed by atoms with Crippen LogP contribution in [0.25, 0.3) is 0 Å². The fourth-order valence-corrected chi connectivity index (χ4v) is 0.246. The Morgan fingerprint density at radius 2 is 1.46 bits per heavy atom. The molecule has 4 nitrogen and oxygen atoms in total. The zero-order valence-electron chi connectivity index (χ0n) is 7.95. The van der Waals surface area contributed by atoms with Crippen molar-refractivity contribution in [1.29, 1.82) is 0 Å². The first kappa shape index (κ1) is 15.0. The van der Waals surface area contributed by atoms with Crippen molar-refractivity contribution in [2.45, 2.75) is 26.7 Å². The Balaban J connectivity index is 0. The van der Waals surface area contributed by atoms with Gasteiger partial charge in [0.2, 0.25) is 11.8 Å². The van der Waals surface area contributed by atoms with Crippen LogP contribution in [0.1, 0.15) is 26.7 Å². The molecule has 4 N–H and O–H groups in total. The summed E-state index contributed by atoms with van der Waals surface area (Å²) < 4.78 is 2.18. The van der Waals surface area contributed by atoms with Crippen molar-refractivity contribution in [3.63, 3.8) is 0 Å². The first-order valence-electron chi connectivity index (χ1n) is 3.92. The van der Waals surface area contributed by atoms with Gasteiger partial charge in [-0.2, -0.15) is 0 Å². The van der Waals surface area contributed by atoms with Crippen molar-refractivity contribution in [2.24, 2.45) is 17.4 Å². The molecule has 0 heterocycles. The Morgan fingerprint density at radius 3 is 1.54 bits per heavy atom. The molecule has 0 rings (SSSR count). The molecule has 13 heavy (non-hydrogen) atoms. The predicted octanol–water partition coefficient (Wildman–Crippen LogP) is -0.271. The van der Waals surface area contributed by atoms with E-state index in [0.29, 0.717) is 0 Å². The van der Waals surface area contributed by atoms with Crippen LogP contribution in [-0.2, 0) is 28.9 Å². The molecule has 0 aliphatic carbocycles. The molecular formula is C8H16MoN2O2. The summed E-state index contributed by atoms with van der Waals surface area (Å²) in [6.07, 6.45) is 0.102. The van der Waals surface area contributed by atoms with Crippen LogP contribution in [0.15, 0.2) is 0 Å². The number of carbonyl (C=O) groups excluding carboxylic acids is 2. The quantitative estimate of drug-likeness (QED) is 0.687. The molecule has 0 aromatic carbocycles. The van der Waals surface area contributed by atoms with Gasteiger partial charge in [-0.1, -0.05) is 0 Å². The van der Waals surface area contributed by atoms with E-state index in [2.05, 4.69) is 18.2 Å². The third-order valence-electron chi connectivity index (χ3n) is 0.890. The summed E-state index contributed by atoms with van der Waals surface area (Å²) >= 11 is 2.01. The van der Waals surface area contributed by atoms with Crippen LogP contribution in [0.5, 0.6) is 0 Å². The maximum Gasteiger partial charge on any atom is 0.217 e. The van der Waals surface area contributed by atoms with Crippen LogP contribution < -0.4 is 11.5 Å². The third-order valence-corrected chi connectivity index (χ3v) is 2.23. The smallest absolute Gasteiger partial charge is 0.217 e. The summed E-state index contributed by atoms with van der Waals surface area (Å²) in [5.41, 5.74) is 9.39. The van der Waals surface area contributed by atoms with E-state index < -0.39 is 11.8 Å². The van der Waals surface area contributed by atoms with E-state index in [0.717, 1.165) is 5.92 Å². The molecule has 0 saturated carbocycles. The molecule has 0 bridgehead atoms. The minimum absolute atomic E-state index is 0.0509. The maximum atomic E-state index is 9.92. The summed E-state index contributed by atoms with van der Waals surface area (Å²) in [6.45, 7) is 4.34. The van der Waals surface area contributed by atoms with Gasteiger partial charge in [0.15, 0.2) is 0 Å². The molecule has 0 fully saturated rings. The molecule has 0 aliphatic rings. The monoisotopic (exact) mass is 270 g/mol. The zero-order valence-corrected chi connectivity index (χ0v) is 9.96. The van der Waals surface area contributed by atoms with Crippen molar-refractivity contribution in [2.75, 3.05) is 0 Å². The average molecular weight is 268 g/mol. The molecule has 0 aliphatic heterocycles. The van der Waals surface area contributed by atoms with Crippen LogP contribution in [0, 0.1) is 5.92 Å². The SMILES string of the molecule is CC(C)[CH]=[Mo].NC(=O)CCC(N)=O. The zero-order chi connectivity index (χ0) is 10.9. The van der Waals surface area contributed by atoms with Crippen LogP contribution in [-0.4, -0.2) is 16.2 Å². The van der Waals surface area contributed by atoms with E-state index in [1.165, 1.54) is 0 Å². The molecule has 0 unspecified atom stereocenters. The van der Waals surface area contributed by atoms with E-state index >= 15 is 0 Å². The van der Waals surface area contributed by atoms with Crippen LogP contribution in [0.3, 0.4) is 0 Å². The van der Waals surface area contributed by atoms with Gasteiger partial charge < -0.3 is 11.5 Å². The summed E-state index contributed by atoms with van der Waals surface area (Å²) in [7, 11) is 0. The number of amides is 2. The Labute approximate surface area is 89.5 Å². The van der Waals surface area contributed by atoms with Gasteiger partial charge in [-0.25, -0.2) is 0 Å². The standard InChI is InChI=1S/C4H8N2O2.C4H8.Mo/c5-3(7)1-2-4(6)8;1-4(2)3;/h1-2H2,(H2,5,7)(H2,6,8);1,4H,2-3H3;. The molecule has 0 spiro atoms. The van der Waals surface area contributed by atoms with Gasteiger partial charge in [-0.3, -0.25) is 9.59 Å². The first-order valence-corrected chi connectivity index (χ1v) is 5.08. The maximum absolute atomic E-state index is 9.92. The second-order valence-electron chi connectivity index (χ2n) is 2.81. The topological polar surface area (TPSA) is 86.2 Å². The fourth-order valence-electron chi connectivity index (χ4n) is 0.246. The van der Waals surface area contributed by atoms with Crippen LogP contribution >= 0.6 is 0 Å². The number of primary amides is 2. The van der Waals surface area contributed by atoms with Gasteiger partial charge in [-0.05, 0) is 0 Å². The molecule has 0 radical (unpaired) electrons. The summed E-state index contributed by atoms with van der Waals surface area (Å²) in [5.74, 6) is -0.229. The van der Waals surface area contributed by atoms with Crippen molar-refractivity contribution in [3.05, 3.63) is 0 Å². The first-order chi connectivity index (χ1) is 5.90. The third kappa shape index (κ3) is 24.6.